The topological polar surface area (TPSA) is 102 Å². The molecule has 1 aliphatic rings. The van der Waals surface area contributed by atoms with Crippen molar-refractivity contribution >= 4 is 27.6 Å². The van der Waals surface area contributed by atoms with Gasteiger partial charge in [-0.1, -0.05) is 30.7 Å². The smallest absolute Gasteiger partial charge is 0.340 e. The fourth-order valence-corrected chi connectivity index (χ4v) is 5.05. The fourth-order valence-electron chi connectivity index (χ4n) is 3.35. The summed E-state index contributed by atoms with van der Waals surface area (Å²) in [5, 5.41) is 2.63. The number of rotatable bonds is 8. The molecule has 0 radical (unpaired) electrons. The molecule has 1 aliphatic heterocycles. The summed E-state index contributed by atoms with van der Waals surface area (Å²) < 4.78 is 38.0. The molecule has 0 unspecified atom stereocenters. The molecule has 1 amide bonds. The monoisotopic (exact) mass is 446 g/mol. The molecule has 0 bridgehead atoms. The molecule has 166 valence electrons. The zero-order chi connectivity index (χ0) is 22.3. The van der Waals surface area contributed by atoms with Crippen LogP contribution in [0.1, 0.15) is 36.5 Å². The first-order valence-corrected chi connectivity index (χ1v) is 11.7. The van der Waals surface area contributed by atoms with Gasteiger partial charge in [0.25, 0.3) is 5.91 Å². The van der Waals surface area contributed by atoms with E-state index < -0.39 is 28.5 Å². The second kappa shape index (κ2) is 10.4. The lowest BCUT2D eigenvalue weighted by Crippen LogP contribution is -2.36. The third kappa shape index (κ3) is 5.62. The molecule has 0 spiro atoms. The SMILES string of the molecule is CCOc1ccccc1NC(=O)COC(=O)c1ccccc1S(=O)(=O)N1CCCCC1. The lowest BCUT2D eigenvalue weighted by molar-refractivity contribution is -0.119. The van der Waals surface area contributed by atoms with E-state index in [0.29, 0.717) is 31.1 Å². The van der Waals surface area contributed by atoms with Crippen LogP contribution in [0.25, 0.3) is 0 Å². The van der Waals surface area contributed by atoms with Gasteiger partial charge in [0, 0.05) is 13.1 Å². The van der Waals surface area contributed by atoms with Gasteiger partial charge >= 0.3 is 5.97 Å². The molecule has 31 heavy (non-hydrogen) atoms. The minimum atomic E-state index is -3.82. The number of hydrogen-bond acceptors (Lipinski definition) is 6. The number of para-hydroxylation sites is 2. The predicted octanol–water partition coefficient (Wildman–Crippen LogP) is 3.06. The predicted molar refractivity (Wildman–Crippen MR) is 116 cm³/mol. The third-order valence-electron chi connectivity index (χ3n) is 4.84. The number of amides is 1. The molecule has 2 aromatic carbocycles. The van der Waals surface area contributed by atoms with Crippen LogP contribution in [0.5, 0.6) is 5.75 Å². The molecule has 0 saturated carbocycles. The average molecular weight is 447 g/mol. The molecular formula is C22H26N2O6S. The molecule has 2 aromatic rings. The number of benzene rings is 2. The van der Waals surface area contributed by atoms with Crippen LogP contribution in [0, 0.1) is 0 Å². The van der Waals surface area contributed by atoms with Gasteiger partial charge in [-0.15, -0.1) is 0 Å². The number of hydrogen-bond donors (Lipinski definition) is 1. The number of nitrogens with one attached hydrogen (secondary N) is 1. The summed E-state index contributed by atoms with van der Waals surface area (Å²) in [5.41, 5.74) is 0.370. The van der Waals surface area contributed by atoms with Crippen molar-refractivity contribution in [3.63, 3.8) is 0 Å². The average Bonchev–Trinajstić information content (AvgIpc) is 2.79. The highest BCUT2D eigenvalue weighted by Crippen LogP contribution is 2.25. The Balaban J connectivity index is 1.68. The highest BCUT2D eigenvalue weighted by atomic mass is 32.2. The summed E-state index contributed by atoms with van der Waals surface area (Å²) >= 11 is 0. The maximum atomic E-state index is 13.0. The van der Waals surface area contributed by atoms with Crippen LogP contribution in [0.15, 0.2) is 53.4 Å². The van der Waals surface area contributed by atoms with Crippen LogP contribution in [-0.4, -0.2) is 50.9 Å². The molecule has 0 atom stereocenters. The standard InChI is InChI=1S/C22H26N2O6S/c1-2-29-19-12-6-5-11-18(19)23-21(25)16-30-22(26)17-10-4-7-13-20(17)31(27,28)24-14-8-3-9-15-24/h4-7,10-13H,2-3,8-9,14-16H2,1H3,(H,23,25). The van der Waals surface area contributed by atoms with E-state index in [4.69, 9.17) is 9.47 Å². The van der Waals surface area contributed by atoms with E-state index in [1.807, 2.05) is 6.92 Å². The number of ether oxygens (including phenoxy) is 2. The molecule has 0 aliphatic carbocycles. The minimum absolute atomic E-state index is 0.0874. The van der Waals surface area contributed by atoms with E-state index in [9.17, 15) is 18.0 Å². The molecule has 1 saturated heterocycles. The Kier molecular flexibility index (Phi) is 7.64. The molecule has 1 heterocycles. The molecule has 3 rings (SSSR count). The summed E-state index contributed by atoms with van der Waals surface area (Å²) in [6, 6.07) is 12.8. The lowest BCUT2D eigenvalue weighted by atomic mass is 10.2. The van der Waals surface area contributed by atoms with Gasteiger partial charge in [0.2, 0.25) is 10.0 Å². The van der Waals surface area contributed by atoms with Crippen LogP contribution >= 0.6 is 0 Å². The number of esters is 1. The normalized spacial score (nSPS) is 14.6. The molecule has 9 heteroatoms. The fraction of sp³-hybridized carbons (Fsp3) is 0.364. The van der Waals surface area contributed by atoms with Crippen molar-refractivity contribution in [1.29, 1.82) is 0 Å². The van der Waals surface area contributed by atoms with Gasteiger partial charge in [-0.05, 0) is 44.0 Å². The molecule has 8 nitrogen and oxygen atoms in total. The van der Waals surface area contributed by atoms with Gasteiger partial charge in [0.1, 0.15) is 5.75 Å². The Labute approximate surface area is 182 Å². The van der Waals surface area contributed by atoms with Gasteiger partial charge < -0.3 is 14.8 Å². The largest absolute Gasteiger partial charge is 0.492 e. The van der Waals surface area contributed by atoms with Gasteiger partial charge in [-0.2, -0.15) is 4.31 Å². The van der Waals surface area contributed by atoms with Crippen LogP contribution in [-0.2, 0) is 19.6 Å². The Morgan fingerprint density at radius 1 is 1.00 bits per heavy atom. The second-order valence-electron chi connectivity index (χ2n) is 7.01. The first-order valence-electron chi connectivity index (χ1n) is 10.2. The maximum Gasteiger partial charge on any atom is 0.340 e. The third-order valence-corrected chi connectivity index (χ3v) is 6.79. The quantitative estimate of drug-likeness (QED) is 0.626. The minimum Gasteiger partial charge on any atom is -0.492 e. The second-order valence-corrected chi connectivity index (χ2v) is 8.92. The first kappa shape index (κ1) is 22.8. The summed E-state index contributed by atoms with van der Waals surface area (Å²) in [5.74, 6) is -0.927. The van der Waals surface area contributed by atoms with E-state index in [2.05, 4.69) is 5.32 Å². The van der Waals surface area contributed by atoms with Crippen molar-refractivity contribution in [3.05, 3.63) is 54.1 Å². The van der Waals surface area contributed by atoms with E-state index >= 15 is 0 Å². The van der Waals surface area contributed by atoms with Gasteiger partial charge in [0.15, 0.2) is 6.61 Å². The number of sulfonamides is 1. The summed E-state index contributed by atoms with van der Waals surface area (Å²) in [6.45, 7) is 2.55. The number of nitrogens with zero attached hydrogens (tertiary/aromatic N) is 1. The number of anilines is 1. The van der Waals surface area contributed by atoms with Crippen molar-refractivity contribution in [2.75, 3.05) is 31.6 Å². The Bertz CT molecular complexity index is 1030. The molecule has 1 N–H and O–H groups in total. The van der Waals surface area contributed by atoms with Crippen molar-refractivity contribution in [1.82, 2.24) is 4.31 Å². The van der Waals surface area contributed by atoms with Gasteiger partial charge in [-0.3, -0.25) is 4.79 Å². The van der Waals surface area contributed by atoms with Crippen molar-refractivity contribution in [2.24, 2.45) is 0 Å². The van der Waals surface area contributed by atoms with Crippen LogP contribution in [0.2, 0.25) is 0 Å². The highest BCUT2D eigenvalue weighted by Gasteiger charge is 2.30. The van der Waals surface area contributed by atoms with E-state index in [0.717, 1.165) is 19.3 Å². The van der Waals surface area contributed by atoms with E-state index in [-0.39, 0.29) is 10.5 Å². The van der Waals surface area contributed by atoms with Gasteiger partial charge in [-0.25, -0.2) is 13.2 Å². The molecular weight excluding hydrogens is 420 g/mol. The lowest BCUT2D eigenvalue weighted by Gasteiger charge is -2.26. The van der Waals surface area contributed by atoms with Gasteiger partial charge in [0.05, 0.1) is 22.8 Å². The van der Waals surface area contributed by atoms with Crippen molar-refractivity contribution in [2.45, 2.75) is 31.1 Å². The summed E-state index contributed by atoms with van der Waals surface area (Å²) in [4.78, 5) is 24.8. The molecule has 1 fully saturated rings. The van der Waals surface area contributed by atoms with Crippen LogP contribution in [0.4, 0.5) is 5.69 Å². The number of piperidine rings is 1. The summed E-state index contributed by atoms with van der Waals surface area (Å²) in [7, 11) is -3.82. The molecule has 0 aromatic heterocycles. The first-order chi connectivity index (χ1) is 14.9. The van der Waals surface area contributed by atoms with E-state index in [1.54, 1.807) is 36.4 Å². The zero-order valence-electron chi connectivity index (χ0n) is 17.4. The number of carbonyl (C=O) groups is 2. The Hall–Kier alpha value is -2.91. The van der Waals surface area contributed by atoms with Crippen LogP contribution in [0.3, 0.4) is 0 Å². The van der Waals surface area contributed by atoms with Crippen LogP contribution < -0.4 is 10.1 Å². The maximum absolute atomic E-state index is 13.0. The summed E-state index contributed by atoms with van der Waals surface area (Å²) in [6.07, 6.45) is 2.56. The zero-order valence-corrected chi connectivity index (χ0v) is 18.2. The number of carbonyl (C=O) groups excluding carboxylic acids is 2. The van der Waals surface area contributed by atoms with E-state index in [1.165, 1.54) is 16.4 Å². The van der Waals surface area contributed by atoms with Crippen molar-refractivity contribution < 1.29 is 27.5 Å². The Morgan fingerprint density at radius 3 is 2.42 bits per heavy atom. The highest BCUT2D eigenvalue weighted by molar-refractivity contribution is 7.89. The Morgan fingerprint density at radius 2 is 1.68 bits per heavy atom. The van der Waals surface area contributed by atoms with Crippen molar-refractivity contribution in [3.8, 4) is 5.75 Å².